The smallest absolute Gasteiger partial charge is 0.146 e. The molecular formula is C16H24ClF2N3. The molecular weight excluding hydrogens is 308 g/mol. The van der Waals surface area contributed by atoms with Crippen LogP contribution >= 0.6 is 12.4 Å². The Bertz CT molecular complexity index is 498. The molecule has 1 unspecified atom stereocenters. The second kappa shape index (κ2) is 7.11. The van der Waals surface area contributed by atoms with Crippen LogP contribution in [0, 0.1) is 17.0 Å². The van der Waals surface area contributed by atoms with Gasteiger partial charge in [0.2, 0.25) is 0 Å². The highest BCUT2D eigenvalue weighted by molar-refractivity contribution is 5.85. The first-order valence-electron chi connectivity index (χ1n) is 7.69. The Morgan fingerprint density at radius 1 is 1.18 bits per heavy atom. The normalized spacial score (nSPS) is 26.0. The Morgan fingerprint density at radius 3 is 2.55 bits per heavy atom. The number of rotatable bonds is 3. The number of hydrogen-bond donors (Lipinski definition) is 1. The van der Waals surface area contributed by atoms with Crippen LogP contribution < -0.4 is 10.2 Å². The van der Waals surface area contributed by atoms with Gasteiger partial charge in [-0.05, 0) is 30.5 Å². The molecule has 1 atom stereocenters. The lowest BCUT2D eigenvalue weighted by Gasteiger charge is -2.39. The molecule has 0 spiro atoms. The van der Waals surface area contributed by atoms with Crippen LogP contribution in [0.2, 0.25) is 0 Å². The van der Waals surface area contributed by atoms with Gasteiger partial charge in [-0.15, -0.1) is 12.4 Å². The van der Waals surface area contributed by atoms with E-state index in [1.54, 1.807) is 0 Å². The van der Waals surface area contributed by atoms with Crippen molar-refractivity contribution >= 4 is 18.1 Å². The quantitative estimate of drug-likeness (QED) is 0.918. The summed E-state index contributed by atoms with van der Waals surface area (Å²) in [4.78, 5) is 4.39. The van der Waals surface area contributed by atoms with E-state index < -0.39 is 0 Å². The lowest BCUT2D eigenvalue weighted by molar-refractivity contribution is 0.169. The van der Waals surface area contributed by atoms with Crippen molar-refractivity contribution in [2.24, 2.45) is 5.41 Å². The summed E-state index contributed by atoms with van der Waals surface area (Å²) in [7, 11) is 0. The van der Waals surface area contributed by atoms with E-state index >= 15 is 0 Å². The van der Waals surface area contributed by atoms with E-state index in [1.807, 2.05) is 4.90 Å². The first kappa shape index (κ1) is 17.4. The lowest BCUT2D eigenvalue weighted by atomic mass is 9.89. The zero-order chi connectivity index (χ0) is 14.9. The van der Waals surface area contributed by atoms with E-state index in [0.717, 1.165) is 45.8 Å². The molecule has 6 heteroatoms. The van der Waals surface area contributed by atoms with Crippen LogP contribution in [0.15, 0.2) is 18.2 Å². The fourth-order valence-corrected chi connectivity index (χ4v) is 3.42. The highest BCUT2D eigenvalue weighted by Crippen LogP contribution is 2.27. The predicted octanol–water partition coefficient (Wildman–Crippen LogP) is 2.51. The van der Waals surface area contributed by atoms with E-state index in [-0.39, 0.29) is 24.0 Å². The summed E-state index contributed by atoms with van der Waals surface area (Å²) in [6.45, 7) is 8.91. The van der Waals surface area contributed by atoms with Crippen molar-refractivity contribution in [2.75, 3.05) is 50.7 Å². The number of anilines is 1. The predicted molar refractivity (Wildman–Crippen MR) is 87.9 cm³/mol. The molecule has 2 aliphatic heterocycles. The third kappa shape index (κ3) is 3.89. The molecule has 1 aromatic carbocycles. The number of piperazine rings is 1. The monoisotopic (exact) mass is 331 g/mol. The summed E-state index contributed by atoms with van der Waals surface area (Å²) < 4.78 is 27.1. The maximum Gasteiger partial charge on any atom is 0.146 e. The van der Waals surface area contributed by atoms with Crippen LogP contribution in [-0.4, -0.2) is 50.7 Å². The van der Waals surface area contributed by atoms with Gasteiger partial charge in [0, 0.05) is 45.3 Å². The molecule has 3 rings (SSSR count). The van der Waals surface area contributed by atoms with Gasteiger partial charge in [0.15, 0.2) is 0 Å². The molecule has 0 aliphatic carbocycles. The van der Waals surface area contributed by atoms with Gasteiger partial charge in [-0.1, -0.05) is 6.92 Å². The average molecular weight is 332 g/mol. The minimum absolute atomic E-state index is 0. The van der Waals surface area contributed by atoms with Gasteiger partial charge in [0.25, 0.3) is 0 Å². The summed E-state index contributed by atoms with van der Waals surface area (Å²) in [5.41, 5.74) is 0.745. The highest BCUT2D eigenvalue weighted by Gasteiger charge is 2.32. The molecule has 1 N–H and O–H groups in total. The van der Waals surface area contributed by atoms with Gasteiger partial charge in [0.05, 0.1) is 5.69 Å². The van der Waals surface area contributed by atoms with Crippen LogP contribution in [0.4, 0.5) is 14.5 Å². The Labute approximate surface area is 137 Å². The number of benzene rings is 1. The van der Waals surface area contributed by atoms with Gasteiger partial charge in [-0.2, -0.15) is 0 Å². The third-order valence-corrected chi connectivity index (χ3v) is 4.68. The second-order valence-corrected chi connectivity index (χ2v) is 6.60. The number of halogens is 3. The average Bonchev–Trinajstić information content (AvgIpc) is 2.89. The largest absolute Gasteiger partial charge is 0.367 e. The SMILES string of the molecule is CC1(CN2CCN(c3cc(F)ccc3F)CC2)CCNC1.Cl. The first-order valence-corrected chi connectivity index (χ1v) is 7.69. The minimum Gasteiger partial charge on any atom is -0.367 e. The summed E-state index contributed by atoms with van der Waals surface area (Å²) in [6.07, 6.45) is 1.21. The zero-order valence-corrected chi connectivity index (χ0v) is 13.8. The Kier molecular flexibility index (Phi) is 5.64. The third-order valence-electron chi connectivity index (χ3n) is 4.68. The Morgan fingerprint density at radius 2 is 1.91 bits per heavy atom. The summed E-state index contributed by atoms with van der Waals surface area (Å²) in [6, 6.07) is 3.68. The molecule has 2 heterocycles. The molecule has 0 saturated carbocycles. The maximum atomic E-state index is 13.8. The fraction of sp³-hybridized carbons (Fsp3) is 0.625. The number of hydrogen-bond acceptors (Lipinski definition) is 3. The van der Waals surface area contributed by atoms with Gasteiger partial charge in [-0.25, -0.2) is 8.78 Å². The van der Waals surface area contributed by atoms with Crippen molar-refractivity contribution in [1.82, 2.24) is 10.2 Å². The van der Waals surface area contributed by atoms with Crippen LogP contribution in [0.3, 0.4) is 0 Å². The zero-order valence-electron chi connectivity index (χ0n) is 12.9. The molecule has 0 aromatic heterocycles. The van der Waals surface area contributed by atoms with Crippen LogP contribution in [-0.2, 0) is 0 Å². The number of nitrogens with one attached hydrogen (secondary N) is 1. The van der Waals surface area contributed by atoms with Crippen molar-refractivity contribution in [3.63, 3.8) is 0 Å². The molecule has 3 nitrogen and oxygen atoms in total. The van der Waals surface area contributed by atoms with Crippen molar-refractivity contribution in [3.8, 4) is 0 Å². The molecule has 0 radical (unpaired) electrons. The molecule has 2 saturated heterocycles. The van der Waals surface area contributed by atoms with Crippen molar-refractivity contribution in [1.29, 1.82) is 0 Å². The van der Waals surface area contributed by atoms with Crippen LogP contribution in [0.25, 0.3) is 0 Å². The topological polar surface area (TPSA) is 18.5 Å². The lowest BCUT2D eigenvalue weighted by Crippen LogP contribution is -2.50. The standard InChI is InChI=1S/C16H23F2N3.ClH/c1-16(4-5-19-11-16)12-20-6-8-21(9-7-20)15-10-13(17)2-3-14(15)18;/h2-3,10,19H,4-9,11-12H2,1H3;1H. The van der Waals surface area contributed by atoms with Gasteiger partial charge >= 0.3 is 0 Å². The second-order valence-electron chi connectivity index (χ2n) is 6.60. The van der Waals surface area contributed by atoms with E-state index in [1.165, 1.54) is 24.6 Å². The minimum atomic E-state index is -0.377. The molecule has 124 valence electrons. The number of nitrogens with zero attached hydrogens (tertiary/aromatic N) is 2. The van der Waals surface area contributed by atoms with Crippen molar-refractivity contribution in [2.45, 2.75) is 13.3 Å². The van der Waals surface area contributed by atoms with E-state index in [9.17, 15) is 8.78 Å². The molecule has 2 aliphatic rings. The first-order chi connectivity index (χ1) is 10.1. The van der Waals surface area contributed by atoms with E-state index in [4.69, 9.17) is 0 Å². The van der Waals surface area contributed by atoms with Crippen molar-refractivity contribution in [3.05, 3.63) is 29.8 Å². The highest BCUT2D eigenvalue weighted by atomic mass is 35.5. The van der Waals surface area contributed by atoms with Gasteiger partial charge < -0.3 is 10.2 Å². The molecule has 1 aromatic rings. The Hall–Kier alpha value is -0.910. The van der Waals surface area contributed by atoms with Crippen molar-refractivity contribution < 1.29 is 8.78 Å². The van der Waals surface area contributed by atoms with Gasteiger partial charge in [-0.3, -0.25) is 4.90 Å². The molecule has 0 bridgehead atoms. The Balaban J connectivity index is 0.00000176. The molecule has 22 heavy (non-hydrogen) atoms. The maximum absolute atomic E-state index is 13.8. The summed E-state index contributed by atoms with van der Waals surface area (Å²) in [5.74, 6) is -0.713. The summed E-state index contributed by atoms with van der Waals surface area (Å²) >= 11 is 0. The van der Waals surface area contributed by atoms with E-state index in [0.29, 0.717) is 11.1 Å². The van der Waals surface area contributed by atoms with Crippen LogP contribution in [0.5, 0.6) is 0 Å². The molecule has 0 amide bonds. The van der Waals surface area contributed by atoms with E-state index in [2.05, 4.69) is 17.1 Å². The summed E-state index contributed by atoms with van der Waals surface area (Å²) in [5, 5.41) is 3.42. The fourth-order valence-electron chi connectivity index (χ4n) is 3.42. The van der Waals surface area contributed by atoms with Gasteiger partial charge in [0.1, 0.15) is 11.6 Å². The van der Waals surface area contributed by atoms with Crippen LogP contribution in [0.1, 0.15) is 13.3 Å². The molecule has 2 fully saturated rings.